The molecule has 0 spiro atoms. The number of rotatable bonds is 2. The molecule has 0 aliphatic carbocycles. The number of guanidine groups is 1. The Hall–Kier alpha value is -1.42. The molecule has 0 aromatic heterocycles. The molecule has 0 saturated heterocycles. The van der Waals surface area contributed by atoms with Crippen LogP contribution in [0.2, 0.25) is 0 Å². The smallest absolute Gasteiger partial charge is 0.186 e. The number of hydrogen-bond donors (Lipinski definition) is 3. The number of nitrogens with zero attached hydrogens (tertiary/aromatic N) is 1. The third-order valence-corrected chi connectivity index (χ3v) is 1.42. The molecule has 0 radical (unpaired) electrons. The summed E-state index contributed by atoms with van der Waals surface area (Å²) in [5, 5.41) is 0. The maximum atomic E-state index is 5.50. The fourth-order valence-electron chi connectivity index (χ4n) is 0.806. The third-order valence-electron chi connectivity index (χ3n) is 1.42. The van der Waals surface area contributed by atoms with Crippen LogP contribution in [0.4, 0.5) is 5.69 Å². The molecule has 13 heavy (non-hydrogen) atoms. The van der Waals surface area contributed by atoms with Crippen molar-refractivity contribution in [2.45, 2.75) is 6.54 Å². The first kappa shape index (κ1) is 11.6. The Morgan fingerprint density at radius 3 is 2.15 bits per heavy atom. The maximum Gasteiger partial charge on any atom is 0.186 e. The molecular formula is C8H13ClN4. The molecule has 5 heteroatoms. The number of hydrogen-bond acceptors (Lipinski definition) is 2. The molecule has 72 valence electrons. The molecule has 4 nitrogen and oxygen atoms in total. The Kier molecular flexibility index (Phi) is 4.69. The quantitative estimate of drug-likeness (QED) is 0.368. The first-order valence-electron chi connectivity index (χ1n) is 3.58. The Balaban J connectivity index is 0.00000144. The summed E-state index contributed by atoms with van der Waals surface area (Å²) in [5.74, 6) is 0.104. The summed E-state index contributed by atoms with van der Waals surface area (Å²) in [6.07, 6.45) is 0. The van der Waals surface area contributed by atoms with Gasteiger partial charge in [-0.15, -0.1) is 12.4 Å². The highest BCUT2D eigenvalue weighted by Crippen LogP contribution is 2.05. The van der Waals surface area contributed by atoms with Gasteiger partial charge in [-0.3, -0.25) is 0 Å². The molecule has 0 fully saturated rings. The lowest BCUT2D eigenvalue weighted by atomic mass is 10.2. The van der Waals surface area contributed by atoms with E-state index in [1.165, 1.54) is 0 Å². The van der Waals surface area contributed by atoms with Crippen molar-refractivity contribution in [3.63, 3.8) is 0 Å². The van der Waals surface area contributed by atoms with E-state index in [1.807, 2.05) is 24.3 Å². The number of benzene rings is 1. The minimum Gasteiger partial charge on any atom is -0.399 e. The highest BCUT2D eigenvalue weighted by Gasteiger charge is 1.89. The van der Waals surface area contributed by atoms with Crippen molar-refractivity contribution < 1.29 is 0 Å². The van der Waals surface area contributed by atoms with Gasteiger partial charge in [0.25, 0.3) is 0 Å². The molecule has 0 atom stereocenters. The van der Waals surface area contributed by atoms with Gasteiger partial charge in [0.1, 0.15) is 0 Å². The molecule has 0 unspecified atom stereocenters. The number of anilines is 1. The van der Waals surface area contributed by atoms with Crippen LogP contribution < -0.4 is 17.2 Å². The fourth-order valence-corrected chi connectivity index (χ4v) is 0.806. The Morgan fingerprint density at radius 1 is 1.15 bits per heavy atom. The molecule has 6 N–H and O–H groups in total. The van der Waals surface area contributed by atoms with Crippen LogP contribution in [0.15, 0.2) is 29.3 Å². The van der Waals surface area contributed by atoms with Crippen LogP contribution in [0.25, 0.3) is 0 Å². The van der Waals surface area contributed by atoms with Gasteiger partial charge in [0.15, 0.2) is 5.96 Å². The van der Waals surface area contributed by atoms with Crippen molar-refractivity contribution in [1.29, 1.82) is 0 Å². The molecule has 0 bridgehead atoms. The summed E-state index contributed by atoms with van der Waals surface area (Å²) >= 11 is 0. The SMILES string of the molecule is Cl.NC(N)=NCc1ccc(N)cc1. The lowest BCUT2D eigenvalue weighted by Gasteiger charge is -1.97. The van der Waals surface area contributed by atoms with Crippen LogP contribution in [0.3, 0.4) is 0 Å². The summed E-state index contributed by atoms with van der Waals surface area (Å²) < 4.78 is 0. The molecule has 0 amide bonds. The summed E-state index contributed by atoms with van der Waals surface area (Å²) in [4.78, 5) is 3.86. The molecule has 1 aromatic rings. The van der Waals surface area contributed by atoms with Crippen LogP contribution in [-0.2, 0) is 6.54 Å². The van der Waals surface area contributed by atoms with E-state index >= 15 is 0 Å². The van der Waals surface area contributed by atoms with E-state index in [0.717, 1.165) is 11.3 Å². The predicted octanol–water partition coefficient (Wildman–Crippen LogP) is 0.464. The predicted molar refractivity (Wildman–Crippen MR) is 57.6 cm³/mol. The van der Waals surface area contributed by atoms with Gasteiger partial charge in [0.2, 0.25) is 0 Å². The zero-order valence-corrected chi connectivity index (χ0v) is 7.92. The molecule has 0 heterocycles. The van der Waals surface area contributed by atoms with E-state index in [9.17, 15) is 0 Å². The topological polar surface area (TPSA) is 90.4 Å². The molecular weight excluding hydrogens is 188 g/mol. The van der Waals surface area contributed by atoms with Gasteiger partial charge in [-0.2, -0.15) is 0 Å². The van der Waals surface area contributed by atoms with Crippen molar-refractivity contribution in [2.75, 3.05) is 5.73 Å². The second-order valence-electron chi connectivity index (χ2n) is 2.48. The normalized spacial score (nSPS) is 8.62. The van der Waals surface area contributed by atoms with Crippen molar-refractivity contribution >= 4 is 24.1 Å². The number of nitrogens with two attached hydrogens (primary N) is 3. The van der Waals surface area contributed by atoms with Crippen LogP contribution in [0, 0.1) is 0 Å². The van der Waals surface area contributed by atoms with Crippen LogP contribution in [-0.4, -0.2) is 5.96 Å². The number of halogens is 1. The first-order valence-corrected chi connectivity index (χ1v) is 3.58. The number of nitrogen functional groups attached to an aromatic ring is 1. The van der Waals surface area contributed by atoms with Gasteiger partial charge < -0.3 is 17.2 Å². The van der Waals surface area contributed by atoms with E-state index in [4.69, 9.17) is 17.2 Å². The average molecular weight is 201 g/mol. The van der Waals surface area contributed by atoms with Crippen molar-refractivity contribution in [1.82, 2.24) is 0 Å². The molecule has 0 aliphatic heterocycles. The van der Waals surface area contributed by atoms with Gasteiger partial charge in [-0.25, -0.2) is 4.99 Å². The van der Waals surface area contributed by atoms with E-state index in [-0.39, 0.29) is 18.4 Å². The number of aliphatic imine (C=N–C) groups is 1. The maximum absolute atomic E-state index is 5.50. The molecule has 1 aromatic carbocycles. The lowest BCUT2D eigenvalue weighted by molar-refractivity contribution is 1.06. The zero-order valence-electron chi connectivity index (χ0n) is 7.10. The van der Waals surface area contributed by atoms with Crippen LogP contribution in [0.5, 0.6) is 0 Å². The van der Waals surface area contributed by atoms with Gasteiger partial charge in [-0.05, 0) is 17.7 Å². The third kappa shape index (κ3) is 4.22. The first-order chi connectivity index (χ1) is 5.68. The Labute approximate surface area is 83.2 Å². The highest BCUT2D eigenvalue weighted by atomic mass is 35.5. The van der Waals surface area contributed by atoms with E-state index in [0.29, 0.717) is 6.54 Å². The minimum atomic E-state index is 0. The fraction of sp³-hybridized carbons (Fsp3) is 0.125. The zero-order chi connectivity index (χ0) is 8.97. The Bertz CT molecular complexity index is 277. The van der Waals surface area contributed by atoms with Crippen LogP contribution in [0.1, 0.15) is 5.56 Å². The highest BCUT2D eigenvalue weighted by molar-refractivity contribution is 5.85. The minimum absolute atomic E-state index is 0. The van der Waals surface area contributed by atoms with Gasteiger partial charge in [0.05, 0.1) is 6.54 Å². The van der Waals surface area contributed by atoms with Gasteiger partial charge in [0, 0.05) is 5.69 Å². The van der Waals surface area contributed by atoms with E-state index in [1.54, 1.807) is 0 Å². The second-order valence-corrected chi connectivity index (χ2v) is 2.48. The summed E-state index contributed by atoms with van der Waals surface area (Å²) in [7, 11) is 0. The summed E-state index contributed by atoms with van der Waals surface area (Å²) in [6, 6.07) is 7.42. The molecule has 0 aliphatic rings. The standard InChI is InChI=1S/C8H12N4.ClH/c9-7-3-1-6(2-4-7)5-12-8(10)11;/h1-4H,5,9H2,(H4,10,11,12);1H. The van der Waals surface area contributed by atoms with Gasteiger partial charge in [-0.1, -0.05) is 12.1 Å². The molecule has 0 saturated carbocycles. The lowest BCUT2D eigenvalue weighted by Crippen LogP contribution is -2.22. The van der Waals surface area contributed by atoms with Crippen molar-refractivity contribution in [3.05, 3.63) is 29.8 Å². The monoisotopic (exact) mass is 200 g/mol. The average Bonchev–Trinajstić information content (AvgIpc) is 2.03. The second kappa shape index (κ2) is 5.27. The van der Waals surface area contributed by atoms with Crippen LogP contribution >= 0.6 is 12.4 Å². The largest absolute Gasteiger partial charge is 0.399 e. The van der Waals surface area contributed by atoms with Crippen molar-refractivity contribution in [3.8, 4) is 0 Å². The van der Waals surface area contributed by atoms with Crippen molar-refractivity contribution in [2.24, 2.45) is 16.5 Å². The van der Waals surface area contributed by atoms with E-state index < -0.39 is 0 Å². The summed E-state index contributed by atoms with van der Waals surface area (Å²) in [5.41, 5.74) is 17.6. The Morgan fingerprint density at radius 2 is 1.69 bits per heavy atom. The van der Waals surface area contributed by atoms with E-state index in [2.05, 4.69) is 4.99 Å². The molecule has 1 rings (SSSR count). The summed E-state index contributed by atoms with van der Waals surface area (Å²) in [6.45, 7) is 0.503. The van der Waals surface area contributed by atoms with Gasteiger partial charge >= 0.3 is 0 Å².